The highest BCUT2D eigenvalue weighted by Crippen LogP contribution is 2.22. The van der Waals surface area contributed by atoms with E-state index in [-0.39, 0.29) is 0 Å². The lowest BCUT2D eigenvalue weighted by Gasteiger charge is -2.03. The molecule has 0 heterocycles. The molecule has 60 valence electrons. The van der Waals surface area contributed by atoms with Crippen LogP contribution in [0.25, 0.3) is 0 Å². The first-order chi connectivity index (χ1) is 5.27. The van der Waals surface area contributed by atoms with Gasteiger partial charge in [0.15, 0.2) is 0 Å². The van der Waals surface area contributed by atoms with Crippen LogP contribution in [0.5, 0.6) is 0 Å². The molecule has 11 heavy (non-hydrogen) atoms. The molecule has 0 spiro atoms. The van der Waals surface area contributed by atoms with E-state index < -0.39 is 0 Å². The van der Waals surface area contributed by atoms with E-state index in [1.54, 1.807) is 0 Å². The molecule has 1 rings (SSSR count). The summed E-state index contributed by atoms with van der Waals surface area (Å²) in [6, 6.07) is 5.69. The largest absolute Gasteiger partial charge is 0.324 e. The van der Waals surface area contributed by atoms with Gasteiger partial charge in [0, 0.05) is 16.0 Å². The van der Waals surface area contributed by atoms with E-state index in [4.69, 9.17) is 17.4 Å². The van der Waals surface area contributed by atoms with Crippen molar-refractivity contribution in [1.29, 1.82) is 0 Å². The normalized spacial score (nSPS) is 9.73. The first-order valence-corrected chi connectivity index (χ1v) is 4.41. The zero-order chi connectivity index (χ0) is 8.27. The molecule has 0 aliphatic carbocycles. The van der Waals surface area contributed by atoms with Crippen LogP contribution in [0.2, 0.25) is 0 Å². The second-order valence-corrected chi connectivity index (χ2v) is 3.21. The van der Waals surface area contributed by atoms with E-state index in [1.165, 1.54) is 0 Å². The van der Waals surface area contributed by atoms with Crippen molar-refractivity contribution in [3.8, 4) is 0 Å². The third-order valence-corrected chi connectivity index (χ3v) is 2.39. The van der Waals surface area contributed by atoms with Gasteiger partial charge in [-0.15, -0.1) is 11.6 Å². The van der Waals surface area contributed by atoms with Crippen molar-refractivity contribution in [2.45, 2.75) is 5.88 Å². The molecule has 3 N–H and O–H groups in total. The zero-order valence-corrected chi connectivity index (χ0v) is 8.11. The summed E-state index contributed by atoms with van der Waals surface area (Å²) in [6.45, 7) is 0. The van der Waals surface area contributed by atoms with E-state index in [0.717, 1.165) is 15.7 Å². The molecule has 0 unspecified atom stereocenters. The van der Waals surface area contributed by atoms with Gasteiger partial charge in [-0.3, -0.25) is 5.84 Å². The number of hydrogen-bond acceptors (Lipinski definition) is 2. The Hall–Kier alpha value is -0.250. The summed E-state index contributed by atoms with van der Waals surface area (Å²) in [5, 5.41) is 0. The predicted octanol–water partition coefficient (Wildman–Crippen LogP) is 2.47. The molecular formula is C7H8BrClN2. The van der Waals surface area contributed by atoms with Crippen LogP contribution < -0.4 is 11.3 Å². The Morgan fingerprint density at radius 2 is 2.27 bits per heavy atom. The van der Waals surface area contributed by atoms with Crippen molar-refractivity contribution in [3.63, 3.8) is 0 Å². The number of alkyl halides is 1. The Balaban J connectivity index is 2.99. The number of rotatable bonds is 2. The Bertz CT molecular complexity index is 252. The summed E-state index contributed by atoms with van der Waals surface area (Å²) in [6.07, 6.45) is 0. The number of nitrogens with one attached hydrogen (secondary N) is 1. The van der Waals surface area contributed by atoms with E-state index in [9.17, 15) is 0 Å². The Kier molecular flexibility index (Phi) is 3.17. The smallest absolute Gasteiger partial charge is 0.0496 e. The first-order valence-electron chi connectivity index (χ1n) is 3.09. The molecular weight excluding hydrogens is 227 g/mol. The average Bonchev–Trinajstić information content (AvgIpc) is 2.04. The van der Waals surface area contributed by atoms with Gasteiger partial charge in [-0.25, -0.2) is 0 Å². The molecule has 4 heteroatoms. The van der Waals surface area contributed by atoms with Crippen molar-refractivity contribution in [1.82, 2.24) is 0 Å². The molecule has 0 aliphatic rings. The fourth-order valence-corrected chi connectivity index (χ4v) is 1.66. The summed E-state index contributed by atoms with van der Waals surface area (Å²) in [7, 11) is 0. The third kappa shape index (κ3) is 2.09. The Morgan fingerprint density at radius 1 is 1.55 bits per heavy atom. The van der Waals surface area contributed by atoms with Crippen molar-refractivity contribution < 1.29 is 0 Å². The minimum absolute atomic E-state index is 0.505. The molecule has 1 aromatic rings. The summed E-state index contributed by atoms with van der Waals surface area (Å²) in [4.78, 5) is 0. The molecule has 2 nitrogen and oxygen atoms in total. The van der Waals surface area contributed by atoms with Gasteiger partial charge in [0.05, 0.1) is 0 Å². The van der Waals surface area contributed by atoms with Gasteiger partial charge in [-0.1, -0.05) is 22.0 Å². The minimum atomic E-state index is 0.505. The van der Waals surface area contributed by atoms with Crippen molar-refractivity contribution >= 4 is 33.2 Å². The number of nitrogens with two attached hydrogens (primary N) is 1. The third-order valence-electron chi connectivity index (χ3n) is 1.36. The lowest BCUT2D eigenvalue weighted by Crippen LogP contribution is -2.06. The quantitative estimate of drug-likeness (QED) is 0.469. The summed E-state index contributed by atoms with van der Waals surface area (Å²) >= 11 is 9.01. The van der Waals surface area contributed by atoms with Gasteiger partial charge in [-0.05, 0) is 17.7 Å². The highest BCUT2D eigenvalue weighted by Gasteiger charge is 1.98. The van der Waals surface area contributed by atoms with E-state index in [1.807, 2.05) is 18.2 Å². The molecule has 0 fully saturated rings. The van der Waals surface area contributed by atoms with Gasteiger partial charge >= 0.3 is 0 Å². The predicted molar refractivity (Wildman–Crippen MR) is 51.5 cm³/mol. The minimum Gasteiger partial charge on any atom is -0.324 e. The Labute approximate surface area is 78.8 Å². The topological polar surface area (TPSA) is 38.0 Å². The van der Waals surface area contributed by atoms with Crippen LogP contribution in [0, 0.1) is 0 Å². The van der Waals surface area contributed by atoms with Gasteiger partial charge in [0.2, 0.25) is 0 Å². The van der Waals surface area contributed by atoms with Crippen LogP contribution in [0.3, 0.4) is 0 Å². The van der Waals surface area contributed by atoms with Crippen molar-refractivity contribution in [2.24, 2.45) is 5.84 Å². The lowest BCUT2D eigenvalue weighted by molar-refractivity contribution is 1.31. The zero-order valence-electron chi connectivity index (χ0n) is 5.77. The number of hydrazine groups is 1. The van der Waals surface area contributed by atoms with Gasteiger partial charge in [0.1, 0.15) is 0 Å². The van der Waals surface area contributed by atoms with Crippen LogP contribution in [0.1, 0.15) is 5.56 Å². The van der Waals surface area contributed by atoms with Crippen LogP contribution >= 0.6 is 27.5 Å². The van der Waals surface area contributed by atoms with Crippen LogP contribution in [0.4, 0.5) is 5.69 Å². The molecule has 0 atom stereocenters. The molecule has 0 bridgehead atoms. The molecule has 0 radical (unpaired) electrons. The van der Waals surface area contributed by atoms with E-state index in [2.05, 4.69) is 21.4 Å². The molecule has 0 aromatic heterocycles. The molecule has 0 saturated heterocycles. The monoisotopic (exact) mass is 234 g/mol. The average molecular weight is 236 g/mol. The highest BCUT2D eigenvalue weighted by molar-refractivity contribution is 9.10. The standard InChI is InChI=1S/C7H8BrClN2/c8-7-3-6(11-10)2-1-5(7)4-9/h1-3,11H,4,10H2. The SMILES string of the molecule is NNc1ccc(CCl)c(Br)c1. The van der Waals surface area contributed by atoms with Crippen LogP contribution in [-0.4, -0.2) is 0 Å². The number of halogens is 2. The summed E-state index contributed by atoms with van der Waals surface area (Å²) < 4.78 is 0.975. The maximum Gasteiger partial charge on any atom is 0.0496 e. The maximum atomic E-state index is 5.65. The fraction of sp³-hybridized carbons (Fsp3) is 0.143. The van der Waals surface area contributed by atoms with Crippen molar-refractivity contribution in [3.05, 3.63) is 28.2 Å². The maximum absolute atomic E-state index is 5.65. The molecule has 1 aromatic carbocycles. The first kappa shape index (κ1) is 8.84. The van der Waals surface area contributed by atoms with E-state index >= 15 is 0 Å². The molecule has 0 amide bonds. The number of anilines is 1. The fourth-order valence-electron chi connectivity index (χ4n) is 0.745. The van der Waals surface area contributed by atoms with Gasteiger partial charge in [-0.2, -0.15) is 0 Å². The van der Waals surface area contributed by atoms with Crippen LogP contribution in [0.15, 0.2) is 22.7 Å². The number of hydrogen-bond donors (Lipinski definition) is 2. The Morgan fingerprint density at radius 3 is 2.73 bits per heavy atom. The number of nitrogen functional groups attached to an aromatic ring is 1. The van der Waals surface area contributed by atoms with Crippen molar-refractivity contribution in [2.75, 3.05) is 5.43 Å². The van der Waals surface area contributed by atoms with E-state index in [0.29, 0.717) is 5.88 Å². The second-order valence-electron chi connectivity index (χ2n) is 2.08. The van der Waals surface area contributed by atoms with Gasteiger partial charge in [0.25, 0.3) is 0 Å². The summed E-state index contributed by atoms with van der Waals surface area (Å²) in [5.41, 5.74) is 4.47. The lowest BCUT2D eigenvalue weighted by atomic mass is 10.2. The second kappa shape index (κ2) is 3.95. The molecule has 0 saturated carbocycles. The highest BCUT2D eigenvalue weighted by atomic mass is 79.9. The number of benzene rings is 1. The summed E-state index contributed by atoms with van der Waals surface area (Å²) in [5.74, 6) is 5.71. The molecule has 0 aliphatic heterocycles. The van der Waals surface area contributed by atoms with Crippen LogP contribution in [-0.2, 0) is 5.88 Å². The van der Waals surface area contributed by atoms with Gasteiger partial charge < -0.3 is 5.43 Å².